The lowest BCUT2D eigenvalue weighted by Gasteiger charge is -2.36. The molecule has 5 heteroatoms. The summed E-state index contributed by atoms with van der Waals surface area (Å²) in [5, 5.41) is 0. The molecule has 0 radical (unpaired) electrons. The first-order valence-electron chi connectivity index (χ1n) is 8.63. The smallest absolute Gasteiger partial charge is 0.230 e. The molecular formula is C20H23N3O2. The quantitative estimate of drug-likeness (QED) is 0.858. The average molecular weight is 337 g/mol. The second-order valence-electron chi connectivity index (χ2n) is 6.36. The zero-order valence-electron chi connectivity index (χ0n) is 14.5. The van der Waals surface area contributed by atoms with Gasteiger partial charge in [0, 0.05) is 45.5 Å². The monoisotopic (exact) mass is 337 g/mol. The van der Waals surface area contributed by atoms with Crippen molar-refractivity contribution in [3.8, 4) is 0 Å². The minimum atomic E-state index is -0.228. The molecule has 0 N–H and O–H groups in total. The first-order valence-corrected chi connectivity index (χ1v) is 8.63. The van der Waals surface area contributed by atoms with Crippen molar-refractivity contribution in [3.05, 3.63) is 66.0 Å². The summed E-state index contributed by atoms with van der Waals surface area (Å²) in [5.74, 6) is -0.0328. The third kappa shape index (κ3) is 4.24. The van der Waals surface area contributed by atoms with Crippen LogP contribution in [0.1, 0.15) is 24.0 Å². The molecular weight excluding hydrogens is 314 g/mol. The Balaban J connectivity index is 1.77. The van der Waals surface area contributed by atoms with Gasteiger partial charge in [0.15, 0.2) is 0 Å². The molecule has 1 aliphatic rings. The van der Waals surface area contributed by atoms with Crippen LogP contribution in [0.15, 0.2) is 54.9 Å². The van der Waals surface area contributed by atoms with Gasteiger partial charge in [-0.15, -0.1) is 0 Å². The third-order valence-corrected chi connectivity index (χ3v) is 4.70. The van der Waals surface area contributed by atoms with Gasteiger partial charge in [-0.1, -0.05) is 36.4 Å². The summed E-state index contributed by atoms with van der Waals surface area (Å²) in [6.45, 7) is 3.97. The van der Waals surface area contributed by atoms with E-state index in [1.807, 2.05) is 53.6 Å². The Kier molecular flexibility index (Phi) is 5.43. The molecule has 1 aromatic carbocycles. The van der Waals surface area contributed by atoms with Crippen molar-refractivity contribution in [2.24, 2.45) is 0 Å². The first kappa shape index (κ1) is 17.1. The number of hydrogen-bond donors (Lipinski definition) is 0. The molecule has 0 aliphatic carbocycles. The molecule has 25 heavy (non-hydrogen) atoms. The van der Waals surface area contributed by atoms with E-state index >= 15 is 0 Å². The van der Waals surface area contributed by atoms with Gasteiger partial charge < -0.3 is 9.80 Å². The van der Waals surface area contributed by atoms with E-state index < -0.39 is 0 Å². The van der Waals surface area contributed by atoms with E-state index in [0.29, 0.717) is 32.6 Å². The van der Waals surface area contributed by atoms with Crippen LogP contribution < -0.4 is 0 Å². The molecule has 2 amide bonds. The van der Waals surface area contributed by atoms with Crippen LogP contribution in [0.4, 0.5) is 0 Å². The molecule has 1 aromatic heterocycles. The van der Waals surface area contributed by atoms with E-state index in [1.54, 1.807) is 18.0 Å². The first-order chi connectivity index (χ1) is 12.1. The van der Waals surface area contributed by atoms with Crippen molar-refractivity contribution in [2.45, 2.75) is 19.3 Å². The van der Waals surface area contributed by atoms with E-state index in [4.69, 9.17) is 0 Å². The summed E-state index contributed by atoms with van der Waals surface area (Å²) >= 11 is 0. The highest BCUT2D eigenvalue weighted by molar-refractivity contribution is 5.84. The average Bonchev–Trinajstić information content (AvgIpc) is 2.67. The van der Waals surface area contributed by atoms with E-state index in [9.17, 15) is 9.59 Å². The van der Waals surface area contributed by atoms with Crippen molar-refractivity contribution in [2.75, 3.05) is 26.2 Å². The van der Waals surface area contributed by atoms with Crippen molar-refractivity contribution in [3.63, 3.8) is 0 Å². The Hall–Kier alpha value is -2.69. The van der Waals surface area contributed by atoms with Gasteiger partial charge in [0.25, 0.3) is 0 Å². The van der Waals surface area contributed by atoms with Gasteiger partial charge in [-0.25, -0.2) is 0 Å². The molecule has 0 saturated carbocycles. The van der Waals surface area contributed by atoms with Crippen LogP contribution in [0, 0.1) is 0 Å². The number of aromatic nitrogens is 1. The molecule has 1 atom stereocenters. The molecule has 5 nitrogen and oxygen atoms in total. The highest BCUT2D eigenvalue weighted by Crippen LogP contribution is 2.24. The summed E-state index contributed by atoms with van der Waals surface area (Å²) < 4.78 is 0. The number of carbonyl (C=O) groups excluding carboxylic acids is 2. The molecule has 130 valence electrons. The standard InChI is InChI=1S/C20H23N3O2/c1-16(24)22-10-12-23(13-11-22)20(25)19(18-7-3-2-4-8-18)14-17-6-5-9-21-15-17/h2-9,15,19H,10-14H2,1H3. The molecule has 3 rings (SSSR count). The van der Waals surface area contributed by atoms with Crippen LogP contribution in [-0.4, -0.2) is 52.8 Å². The number of piperazine rings is 1. The summed E-state index contributed by atoms with van der Waals surface area (Å²) in [6.07, 6.45) is 4.18. The second kappa shape index (κ2) is 7.92. The number of carbonyl (C=O) groups is 2. The minimum absolute atomic E-state index is 0.0714. The number of nitrogens with zero attached hydrogens (tertiary/aromatic N) is 3. The number of pyridine rings is 1. The summed E-state index contributed by atoms with van der Waals surface area (Å²) in [7, 11) is 0. The summed E-state index contributed by atoms with van der Waals surface area (Å²) in [4.78, 5) is 32.5. The van der Waals surface area contributed by atoms with Crippen LogP contribution in [0.5, 0.6) is 0 Å². The zero-order valence-corrected chi connectivity index (χ0v) is 14.5. The maximum atomic E-state index is 13.2. The number of rotatable bonds is 4. The van der Waals surface area contributed by atoms with Crippen LogP contribution in [-0.2, 0) is 16.0 Å². The molecule has 2 aromatic rings. The lowest BCUT2D eigenvalue weighted by atomic mass is 9.91. The van der Waals surface area contributed by atoms with E-state index in [0.717, 1.165) is 11.1 Å². The normalized spacial score (nSPS) is 15.7. The van der Waals surface area contributed by atoms with Crippen molar-refractivity contribution in [1.82, 2.24) is 14.8 Å². The predicted molar refractivity (Wildman–Crippen MR) is 96.0 cm³/mol. The second-order valence-corrected chi connectivity index (χ2v) is 6.36. The van der Waals surface area contributed by atoms with Gasteiger partial charge in [-0.05, 0) is 23.6 Å². The molecule has 1 aliphatic heterocycles. The van der Waals surface area contributed by atoms with Gasteiger partial charge in [0.1, 0.15) is 0 Å². The molecule has 0 spiro atoms. The lowest BCUT2D eigenvalue weighted by Crippen LogP contribution is -2.51. The Morgan fingerprint density at radius 1 is 1.00 bits per heavy atom. The number of amides is 2. The predicted octanol–water partition coefficient (Wildman–Crippen LogP) is 2.10. The van der Waals surface area contributed by atoms with E-state index in [2.05, 4.69) is 4.98 Å². The lowest BCUT2D eigenvalue weighted by molar-refractivity contribution is -0.139. The fourth-order valence-electron chi connectivity index (χ4n) is 3.25. The van der Waals surface area contributed by atoms with Crippen molar-refractivity contribution >= 4 is 11.8 Å². The van der Waals surface area contributed by atoms with Gasteiger partial charge in [-0.2, -0.15) is 0 Å². The topological polar surface area (TPSA) is 53.5 Å². The summed E-state index contributed by atoms with van der Waals surface area (Å²) in [5.41, 5.74) is 2.07. The Morgan fingerprint density at radius 2 is 1.68 bits per heavy atom. The minimum Gasteiger partial charge on any atom is -0.339 e. The maximum Gasteiger partial charge on any atom is 0.230 e. The van der Waals surface area contributed by atoms with Crippen molar-refractivity contribution in [1.29, 1.82) is 0 Å². The Labute approximate surface area is 148 Å². The van der Waals surface area contributed by atoms with E-state index in [1.165, 1.54) is 0 Å². The maximum absolute atomic E-state index is 13.2. The number of hydrogen-bond acceptors (Lipinski definition) is 3. The SMILES string of the molecule is CC(=O)N1CCN(C(=O)C(Cc2cccnc2)c2ccccc2)CC1. The highest BCUT2D eigenvalue weighted by atomic mass is 16.2. The van der Waals surface area contributed by atoms with Gasteiger partial charge in [-0.3, -0.25) is 14.6 Å². The van der Waals surface area contributed by atoms with Crippen LogP contribution in [0.25, 0.3) is 0 Å². The van der Waals surface area contributed by atoms with Crippen molar-refractivity contribution < 1.29 is 9.59 Å². The van der Waals surface area contributed by atoms with Crippen LogP contribution >= 0.6 is 0 Å². The molecule has 2 heterocycles. The fourth-order valence-corrected chi connectivity index (χ4v) is 3.25. The van der Waals surface area contributed by atoms with E-state index in [-0.39, 0.29) is 17.7 Å². The van der Waals surface area contributed by atoms with Gasteiger partial charge in [0.2, 0.25) is 11.8 Å². The Bertz CT molecular complexity index is 710. The third-order valence-electron chi connectivity index (χ3n) is 4.70. The van der Waals surface area contributed by atoms with Crippen LogP contribution in [0.3, 0.4) is 0 Å². The fraction of sp³-hybridized carbons (Fsp3) is 0.350. The van der Waals surface area contributed by atoms with Gasteiger partial charge >= 0.3 is 0 Å². The molecule has 0 bridgehead atoms. The largest absolute Gasteiger partial charge is 0.339 e. The highest BCUT2D eigenvalue weighted by Gasteiger charge is 2.29. The summed E-state index contributed by atoms with van der Waals surface area (Å²) in [6, 6.07) is 13.8. The number of benzene rings is 1. The Morgan fingerprint density at radius 3 is 2.28 bits per heavy atom. The molecule has 1 saturated heterocycles. The zero-order chi connectivity index (χ0) is 17.6. The van der Waals surface area contributed by atoms with Gasteiger partial charge in [0.05, 0.1) is 5.92 Å². The van der Waals surface area contributed by atoms with Crippen LogP contribution in [0.2, 0.25) is 0 Å². The molecule has 1 unspecified atom stereocenters. The molecule has 1 fully saturated rings.